The number of benzene rings is 1. The highest BCUT2D eigenvalue weighted by Crippen LogP contribution is 2.16. The van der Waals surface area contributed by atoms with Crippen molar-refractivity contribution in [3.8, 4) is 0 Å². The van der Waals surface area contributed by atoms with E-state index in [4.69, 9.17) is 14.3 Å². The molecule has 1 fully saturated rings. The smallest absolute Gasteiger partial charge is 0.191 e. The number of nitrogens with zero attached hydrogens (tertiary/aromatic N) is 3. The van der Waals surface area contributed by atoms with E-state index in [1.807, 2.05) is 0 Å². The van der Waals surface area contributed by atoms with Gasteiger partial charge in [-0.2, -0.15) is 0 Å². The molecule has 0 amide bonds. The molecule has 0 unspecified atom stereocenters. The number of hydrogen-bond acceptors (Lipinski definition) is 5. The number of hydrogen-bond donors (Lipinski definition) is 2. The summed E-state index contributed by atoms with van der Waals surface area (Å²) in [4.78, 5) is 7.29. The van der Waals surface area contributed by atoms with Gasteiger partial charge in [0.1, 0.15) is 5.76 Å². The molecule has 0 saturated carbocycles. The minimum atomic E-state index is 0.640. The summed E-state index contributed by atoms with van der Waals surface area (Å²) in [5.41, 5.74) is 4.76. The van der Waals surface area contributed by atoms with Gasteiger partial charge in [0, 0.05) is 44.7 Å². The van der Waals surface area contributed by atoms with E-state index < -0.39 is 0 Å². The highest BCUT2D eigenvalue weighted by Gasteiger charge is 2.14. The molecule has 2 N–H and O–H groups in total. The minimum Gasteiger partial charge on any atom is -0.379 e. The Bertz CT molecular complexity index is 790. The third kappa shape index (κ3) is 6.06. The number of aryl methyl sites for hydroxylation is 2. The van der Waals surface area contributed by atoms with E-state index in [0.717, 1.165) is 75.2 Å². The van der Waals surface area contributed by atoms with Crippen LogP contribution in [0.4, 0.5) is 0 Å². The molecule has 1 saturated heterocycles. The van der Waals surface area contributed by atoms with Crippen LogP contribution in [0.15, 0.2) is 33.8 Å². The molecule has 0 spiro atoms. The highest BCUT2D eigenvalue weighted by molar-refractivity contribution is 5.79. The zero-order valence-corrected chi connectivity index (χ0v) is 18.5. The standard InChI is InChI=1S/C23H35N5O2/c1-4-21-20(22(5-2)30-27-21)16-26-23(24-6-3)25-15-18-9-7-8-10-19(18)17-28-11-13-29-14-12-28/h7-10H,4-6,11-17H2,1-3H3,(H2,24,25,26). The van der Waals surface area contributed by atoms with Crippen LogP contribution in [0, 0.1) is 0 Å². The molecule has 0 atom stereocenters. The predicted octanol–water partition coefficient (Wildman–Crippen LogP) is 2.89. The van der Waals surface area contributed by atoms with Gasteiger partial charge in [-0.1, -0.05) is 43.3 Å². The molecule has 2 aromatic rings. The van der Waals surface area contributed by atoms with Crippen molar-refractivity contribution < 1.29 is 9.26 Å². The number of rotatable bonds is 9. The number of aromatic nitrogens is 1. The molecule has 0 aliphatic carbocycles. The second kappa shape index (κ2) is 11.7. The van der Waals surface area contributed by atoms with Gasteiger partial charge in [0.05, 0.1) is 25.5 Å². The first-order chi connectivity index (χ1) is 14.7. The molecule has 2 heterocycles. The van der Waals surface area contributed by atoms with Crippen molar-refractivity contribution in [1.29, 1.82) is 0 Å². The Morgan fingerprint density at radius 3 is 2.53 bits per heavy atom. The lowest BCUT2D eigenvalue weighted by molar-refractivity contribution is 0.0341. The fourth-order valence-corrected chi connectivity index (χ4v) is 3.68. The van der Waals surface area contributed by atoms with Crippen LogP contribution in [0.3, 0.4) is 0 Å². The maximum Gasteiger partial charge on any atom is 0.191 e. The quantitative estimate of drug-likeness (QED) is 0.486. The second-order valence-corrected chi connectivity index (χ2v) is 7.44. The van der Waals surface area contributed by atoms with Crippen molar-refractivity contribution in [2.45, 2.75) is 53.2 Å². The van der Waals surface area contributed by atoms with Crippen LogP contribution in [0.5, 0.6) is 0 Å². The van der Waals surface area contributed by atoms with E-state index in [1.165, 1.54) is 11.1 Å². The Labute approximate surface area is 179 Å². The molecule has 1 aromatic heterocycles. The third-order valence-corrected chi connectivity index (χ3v) is 5.41. The van der Waals surface area contributed by atoms with Crippen molar-refractivity contribution in [2.75, 3.05) is 32.8 Å². The lowest BCUT2D eigenvalue weighted by Crippen LogP contribution is -2.37. The lowest BCUT2D eigenvalue weighted by Gasteiger charge is -2.27. The molecular formula is C23H35N5O2. The summed E-state index contributed by atoms with van der Waals surface area (Å²) in [6, 6.07) is 8.58. The molecule has 7 nitrogen and oxygen atoms in total. The van der Waals surface area contributed by atoms with Crippen LogP contribution in [0.1, 0.15) is 48.9 Å². The Morgan fingerprint density at radius 1 is 1.07 bits per heavy atom. The number of guanidine groups is 1. The zero-order chi connectivity index (χ0) is 21.2. The maximum atomic E-state index is 5.48. The van der Waals surface area contributed by atoms with E-state index in [-0.39, 0.29) is 0 Å². The van der Waals surface area contributed by atoms with E-state index in [0.29, 0.717) is 13.1 Å². The summed E-state index contributed by atoms with van der Waals surface area (Å²) in [6.45, 7) is 12.9. The van der Waals surface area contributed by atoms with E-state index in [9.17, 15) is 0 Å². The van der Waals surface area contributed by atoms with Gasteiger partial charge in [-0.25, -0.2) is 4.99 Å². The molecule has 0 radical (unpaired) electrons. The van der Waals surface area contributed by atoms with Crippen molar-refractivity contribution in [2.24, 2.45) is 4.99 Å². The highest BCUT2D eigenvalue weighted by atomic mass is 16.5. The zero-order valence-electron chi connectivity index (χ0n) is 18.5. The van der Waals surface area contributed by atoms with Gasteiger partial charge in [-0.15, -0.1) is 0 Å². The van der Waals surface area contributed by atoms with Crippen LogP contribution in [-0.2, 0) is 37.2 Å². The van der Waals surface area contributed by atoms with Crippen molar-refractivity contribution in [1.82, 2.24) is 20.7 Å². The first kappa shape index (κ1) is 22.3. The van der Waals surface area contributed by atoms with Crippen molar-refractivity contribution in [3.63, 3.8) is 0 Å². The largest absolute Gasteiger partial charge is 0.379 e. The summed E-state index contributed by atoms with van der Waals surface area (Å²) < 4.78 is 11.0. The summed E-state index contributed by atoms with van der Waals surface area (Å²) in [5.74, 6) is 1.76. The summed E-state index contributed by atoms with van der Waals surface area (Å²) in [5, 5.41) is 11.0. The average Bonchev–Trinajstić information content (AvgIpc) is 3.19. The van der Waals surface area contributed by atoms with Gasteiger partial charge in [-0.05, 0) is 24.5 Å². The first-order valence-corrected chi connectivity index (χ1v) is 11.1. The Morgan fingerprint density at radius 2 is 1.83 bits per heavy atom. The third-order valence-electron chi connectivity index (χ3n) is 5.41. The lowest BCUT2D eigenvalue weighted by atomic mass is 10.1. The van der Waals surface area contributed by atoms with Crippen LogP contribution in [-0.4, -0.2) is 48.9 Å². The Kier molecular flexibility index (Phi) is 8.71. The molecule has 30 heavy (non-hydrogen) atoms. The Balaban J connectivity index is 1.67. The van der Waals surface area contributed by atoms with Crippen LogP contribution >= 0.6 is 0 Å². The van der Waals surface area contributed by atoms with Crippen LogP contribution in [0.25, 0.3) is 0 Å². The molecule has 164 valence electrons. The summed E-state index contributed by atoms with van der Waals surface area (Å²) >= 11 is 0. The fraction of sp³-hybridized carbons (Fsp3) is 0.565. The molecule has 1 aliphatic rings. The number of nitrogens with one attached hydrogen (secondary N) is 2. The van der Waals surface area contributed by atoms with Gasteiger partial charge in [-0.3, -0.25) is 4.90 Å². The second-order valence-electron chi connectivity index (χ2n) is 7.44. The van der Waals surface area contributed by atoms with E-state index in [1.54, 1.807) is 0 Å². The monoisotopic (exact) mass is 413 g/mol. The van der Waals surface area contributed by atoms with Crippen molar-refractivity contribution in [3.05, 3.63) is 52.4 Å². The fourth-order valence-electron chi connectivity index (χ4n) is 3.68. The van der Waals surface area contributed by atoms with E-state index >= 15 is 0 Å². The van der Waals surface area contributed by atoms with Crippen LogP contribution < -0.4 is 10.6 Å². The van der Waals surface area contributed by atoms with Gasteiger partial charge in [0.15, 0.2) is 5.96 Å². The molecule has 1 aromatic carbocycles. The summed E-state index contributed by atoms with van der Waals surface area (Å²) in [7, 11) is 0. The van der Waals surface area contributed by atoms with Gasteiger partial charge < -0.3 is 19.9 Å². The number of aliphatic imine (C=N–C) groups is 1. The molecule has 3 rings (SSSR count). The normalized spacial score (nSPS) is 15.4. The molecule has 7 heteroatoms. The van der Waals surface area contributed by atoms with Crippen molar-refractivity contribution >= 4 is 5.96 Å². The summed E-state index contributed by atoms with van der Waals surface area (Å²) in [6.07, 6.45) is 1.70. The van der Waals surface area contributed by atoms with Gasteiger partial charge in [0.25, 0.3) is 0 Å². The number of morpholine rings is 1. The number of ether oxygens (including phenoxy) is 1. The van der Waals surface area contributed by atoms with Gasteiger partial charge >= 0.3 is 0 Å². The molecule has 0 bridgehead atoms. The molecular weight excluding hydrogens is 378 g/mol. The Hall–Kier alpha value is -2.38. The molecule has 1 aliphatic heterocycles. The topological polar surface area (TPSA) is 74.9 Å². The van der Waals surface area contributed by atoms with Gasteiger partial charge in [0.2, 0.25) is 0 Å². The minimum absolute atomic E-state index is 0.640. The predicted molar refractivity (Wildman–Crippen MR) is 119 cm³/mol. The SMILES string of the molecule is CCNC(=NCc1ccccc1CN1CCOCC1)NCc1c(CC)noc1CC. The maximum absolute atomic E-state index is 5.48. The average molecular weight is 414 g/mol. The van der Waals surface area contributed by atoms with E-state index in [2.05, 4.69) is 65.7 Å². The first-order valence-electron chi connectivity index (χ1n) is 11.1. The van der Waals surface area contributed by atoms with Crippen LogP contribution in [0.2, 0.25) is 0 Å².